The molecule has 2 saturated carbocycles. The minimum atomic E-state index is -1.25. The Morgan fingerprint density at radius 1 is 1.25 bits per heavy atom. The Bertz CT molecular complexity index is 555. The van der Waals surface area contributed by atoms with Crippen molar-refractivity contribution in [2.45, 2.75) is 82.3 Å². The number of amidine groups is 1. The summed E-state index contributed by atoms with van der Waals surface area (Å²) in [6.45, 7) is 1.30. The van der Waals surface area contributed by atoms with Crippen LogP contribution in [0.3, 0.4) is 0 Å². The third kappa shape index (κ3) is 5.80. The lowest BCUT2D eigenvalue weighted by Gasteiger charge is -2.44. The number of carbonyl (C=O) groups is 1. The number of nitrogens with two attached hydrogens (primary N) is 2. The topological polar surface area (TPSA) is 115 Å². The summed E-state index contributed by atoms with van der Waals surface area (Å²) in [6, 6.07) is -0.305. The molecule has 28 heavy (non-hydrogen) atoms. The van der Waals surface area contributed by atoms with Crippen LogP contribution in [0.1, 0.15) is 70.6 Å². The molecule has 3 aliphatic rings. The molecule has 3 unspecified atom stereocenters. The van der Waals surface area contributed by atoms with Crippen LogP contribution in [0.4, 0.5) is 4.39 Å². The number of ether oxygens (including phenoxy) is 1. The molecule has 2 aliphatic carbocycles. The first-order chi connectivity index (χ1) is 13.5. The largest absolute Gasteiger partial charge is 0.464 e. The monoisotopic (exact) mass is 397 g/mol. The smallest absolute Gasteiger partial charge is 0.323 e. The van der Waals surface area contributed by atoms with E-state index in [0.29, 0.717) is 56.4 Å². The Labute approximate surface area is 167 Å². The first-order valence-electron chi connectivity index (χ1n) is 10.9. The van der Waals surface area contributed by atoms with E-state index in [-0.39, 0.29) is 17.9 Å². The number of fused-ring (bicyclic) bond motifs is 1. The van der Waals surface area contributed by atoms with E-state index in [2.05, 4.69) is 16.0 Å². The molecule has 160 valence electrons. The number of hydrazone groups is 1. The van der Waals surface area contributed by atoms with Crippen LogP contribution in [0.5, 0.6) is 0 Å². The van der Waals surface area contributed by atoms with Crippen molar-refractivity contribution in [3.05, 3.63) is 0 Å². The zero-order valence-electron chi connectivity index (χ0n) is 16.8. The highest BCUT2D eigenvalue weighted by atomic mass is 19.1. The standard InChI is InChI=1S/C20H36FN5O2/c21-20(9-7-18(22)25-26-23)8-6-15-12-24-17(10-16(15)11-20)19(27)28-13-14-4-2-1-3-5-14/h14-17,24,26H,1-13,23H2,(H2,22,25)/t15?,16?,17?,20-/m0/s1. The maximum absolute atomic E-state index is 15.4. The van der Waals surface area contributed by atoms with E-state index < -0.39 is 5.67 Å². The number of piperidine rings is 1. The third-order valence-electron chi connectivity index (χ3n) is 6.93. The summed E-state index contributed by atoms with van der Waals surface area (Å²) in [5.41, 5.74) is 6.62. The molecule has 1 aliphatic heterocycles. The van der Waals surface area contributed by atoms with Gasteiger partial charge >= 0.3 is 5.97 Å². The van der Waals surface area contributed by atoms with Gasteiger partial charge in [-0.3, -0.25) is 4.79 Å². The number of carbonyl (C=O) groups excluding carboxylic acids is 1. The second kappa shape index (κ2) is 9.87. The molecule has 3 rings (SSSR count). The van der Waals surface area contributed by atoms with Crippen LogP contribution < -0.4 is 22.4 Å². The van der Waals surface area contributed by atoms with Crippen LogP contribution in [-0.2, 0) is 9.53 Å². The van der Waals surface area contributed by atoms with Gasteiger partial charge in [0.25, 0.3) is 0 Å². The summed E-state index contributed by atoms with van der Waals surface area (Å²) in [6.07, 6.45) is 9.33. The Kier molecular flexibility index (Phi) is 7.51. The second-order valence-electron chi connectivity index (χ2n) is 8.98. The summed E-state index contributed by atoms with van der Waals surface area (Å²) >= 11 is 0. The molecule has 3 fully saturated rings. The van der Waals surface area contributed by atoms with Gasteiger partial charge in [-0.1, -0.05) is 19.3 Å². The summed E-state index contributed by atoms with van der Waals surface area (Å²) in [5.74, 6) is 6.42. The molecule has 4 atom stereocenters. The maximum Gasteiger partial charge on any atom is 0.323 e. The highest BCUT2D eigenvalue weighted by Gasteiger charge is 2.44. The van der Waals surface area contributed by atoms with Gasteiger partial charge in [0.2, 0.25) is 0 Å². The van der Waals surface area contributed by atoms with Crippen LogP contribution in [0, 0.1) is 17.8 Å². The number of halogens is 1. The van der Waals surface area contributed by atoms with Crippen LogP contribution in [0.25, 0.3) is 0 Å². The Balaban J connectivity index is 1.47. The molecule has 1 saturated heterocycles. The molecule has 0 bridgehead atoms. The molecule has 0 spiro atoms. The lowest BCUT2D eigenvalue weighted by molar-refractivity contribution is -0.150. The van der Waals surface area contributed by atoms with Crippen molar-refractivity contribution in [3.8, 4) is 0 Å². The normalized spacial score (nSPS) is 34.5. The van der Waals surface area contributed by atoms with Gasteiger partial charge in [0.15, 0.2) is 0 Å². The number of hydrogen-bond donors (Lipinski definition) is 4. The van der Waals surface area contributed by atoms with Gasteiger partial charge < -0.3 is 15.8 Å². The van der Waals surface area contributed by atoms with E-state index in [1.165, 1.54) is 19.3 Å². The van der Waals surface area contributed by atoms with Gasteiger partial charge in [0.1, 0.15) is 17.5 Å². The van der Waals surface area contributed by atoms with E-state index >= 15 is 4.39 Å². The van der Waals surface area contributed by atoms with Gasteiger partial charge in [-0.2, -0.15) is 5.10 Å². The van der Waals surface area contributed by atoms with E-state index in [1.54, 1.807) is 0 Å². The van der Waals surface area contributed by atoms with E-state index in [1.807, 2.05) is 0 Å². The van der Waals surface area contributed by atoms with Crippen molar-refractivity contribution < 1.29 is 13.9 Å². The molecule has 0 aromatic heterocycles. The zero-order chi connectivity index (χ0) is 20.0. The molecule has 7 nitrogen and oxygen atoms in total. The first kappa shape index (κ1) is 21.3. The molecule has 0 aromatic carbocycles. The fraction of sp³-hybridized carbons (Fsp3) is 0.900. The van der Waals surface area contributed by atoms with Gasteiger partial charge in [-0.15, -0.1) is 0 Å². The predicted molar refractivity (Wildman–Crippen MR) is 107 cm³/mol. The highest BCUT2D eigenvalue weighted by Crippen LogP contribution is 2.44. The maximum atomic E-state index is 15.4. The van der Waals surface area contributed by atoms with Gasteiger partial charge in [0.05, 0.1) is 6.61 Å². The summed E-state index contributed by atoms with van der Waals surface area (Å²) < 4.78 is 21.0. The van der Waals surface area contributed by atoms with Crippen molar-refractivity contribution in [2.24, 2.45) is 34.4 Å². The van der Waals surface area contributed by atoms with Gasteiger partial charge in [-0.25, -0.2) is 15.8 Å². The number of esters is 1. The van der Waals surface area contributed by atoms with Crippen molar-refractivity contribution in [3.63, 3.8) is 0 Å². The Morgan fingerprint density at radius 3 is 2.79 bits per heavy atom. The molecule has 1 heterocycles. The first-order valence-corrected chi connectivity index (χ1v) is 10.9. The minimum absolute atomic E-state index is 0.163. The number of nitrogens with zero attached hydrogens (tertiary/aromatic N) is 1. The molecule has 0 radical (unpaired) electrons. The number of alkyl halides is 1. The number of rotatable bonds is 7. The molecular formula is C20H36FN5O2. The van der Waals surface area contributed by atoms with E-state index in [9.17, 15) is 4.79 Å². The van der Waals surface area contributed by atoms with E-state index in [0.717, 1.165) is 25.8 Å². The molecule has 0 aromatic rings. The molecule has 8 heteroatoms. The predicted octanol–water partition coefficient (Wildman–Crippen LogP) is 2.11. The van der Waals surface area contributed by atoms with Crippen LogP contribution in [-0.4, -0.2) is 36.7 Å². The fourth-order valence-corrected chi connectivity index (χ4v) is 5.19. The quantitative estimate of drug-likeness (QED) is 0.172. The molecular weight excluding hydrogens is 361 g/mol. The average molecular weight is 398 g/mol. The summed E-state index contributed by atoms with van der Waals surface area (Å²) in [4.78, 5) is 12.5. The Hall–Kier alpha value is -1.41. The van der Waals surface area contributed by atoms with Crippen LogP contribution in [0.15, 0.2) is 5.10 Å². The molecule has 6 N–H and O–H groups in total. The minimum Gasteiger partial charge on any atom is -0.464 e. The van der Waals surface area contributed by atoms with Crippen molar-refractivity contribution >= 4 is 11.8 Å². The van der Waals surface area contributed by atoms with Gasteiger partial charge in [0, 0.05) is 6.42 Å². The number of hydrogen-bond acceptors (Lipinski definition) is 6. The van der Waals surface area contributed by atoms with Crippen LogP contribution in [0.2, 0.25) is 0 Å². The zero-order valence-corrected chi connectivity index (χ0v) is 16.8. The third-order valence-corrected chi connectivity index (χ3v) is 6.93. The van der Waals surface area contributed by atoms with Crippen molar-refractivity contribution in [1.82, 2.24) is 10.9 Å². The number of hydrazine groups is 1. The summed E-state index contributed by atoms with van der Waals surface area (Å²) in [7, 11) is 0. The lowest BCUT2D eigenvalue weighted by atomic mass is 9.67. The SMILES string of the molecule is NN/N=C(\N)CC[C@@]1(F)CCC2CNC(C(=O)OCC3CCCCC3)CC2C1. The molecule has 0 amide bonds. The van der Waals surface area contributed by atoms with Crippen molar-refractivity contribution in [2.75, 3.05) is 13.2 Å². The highest BCUT2D eigenvalue weighted by molar-refractivity contribution is 5.80. The van der Waals surface area contributed by atoms with Crippen LogP contribution >= 0.6 is 0 Å². The van der Waals surface area contributed by atoms with Crippen molar-refractivity contribution in [1.29, 1.82) is 0 Å². The number of nitrogens with one attached hydrogen (secondary N) is 2. The Morgan fingerprint density at radius 2 is 2.04 bits per heavy atom. The van der Waals surface area contributed by atoms with Gasteiger partial charge in [-0.05, 0) is 69.2 Å². The lowest BCUT2D eigenvalue weighted by Crippen LogP contribution is -2.52. The fourth-order valence-electron chi connectivity index (χ4n) is 5.19. The van der Waals surface area contributed by atoms with E-state index in [4.69, 9.17) is 16.3 Å². The second-order valence-corrected chi connectivity index (χ2v) is 8.98. The average Bonchev–Trinajstić information content (AvgIpc) is 2.71. The summed E-state index contributed by atoms with van der Waals surface area (Å²) in [5, 5.41) is 7.04.